The van der Waals surface area contributed by atoms with Crippen LogP contribution in [-0.4, -0.2) is 46.3 Å². The lowest BCUT2D eigenvalue weighted by Gasteiger charge is -2.27. The van der Waals surface area contributed by atoms with E-state index in [1.54, 1.807) is 13.8 Å². The first kappa shape index (κ1) is 11.9. The quantitative estimate of drug-likeness (QED) is 0.753. The van der Waals surface area contributed by atoms with E-state index in [-0.39, 0.29) is 5.92 Å². The first-order valence-corrected chi connectivity index (χ1v) is 6.02. The fourth-order valence-electron chi connectivity index (χ4n) is 3.41. The summed E-state index contributed by atoms with van der Waals surface area (Å²) in [6, 6.07) is 0. The summed E-state index contributed by atoms with van der Waals surface area (Å²) in [7, 11) is 0. The Morgan fingerprint density at radius 3 is 2.75 bits per heavy atom. The number of β-amino-alcohol motifs (C(OH)–C–C–N with tert-alkyl or cyclic N) is 1. The molecule has 2 N–H and O–H groups in total. The minimum Gasteiger partial charge on any atom is -0.481 e. The van der Waals surface area contributed by atoms with Crippen molar-refractivity contribution in [2.75, 3.05) is 19.6 Å². The molecule has 1 saturated heterocycles. The number of carboxylic acid groups (broad SMARTS) is 1. The summed E-state index contributed by atoms with van der Waals surface area (Å²) >= 11 is 0. The Morgan fingerprint density at radius 2 is 2.25 bits per heavy atom. The number of aliphatic carboxylic acids is 1. The predicted molar refractivity (Wildman–Crippen MR) is 60.1 cm³/mol. The number of carbonyl (C=O) groups is 1. The van der Waals surface area contributed by atoms with Gasteiger partial charge in [0, 0.05) is 19.6 Å². The molecule has 1 aliphatic carbocycles. The molecule has 0 aromatic carbocycles. The van der Waals surface area contributed by atoms with Crippen LogP contribution < -0.4 is 0 Å². The van der Waals surface area contributed by atoms with Gasteiger partial charge in [0.05, 0.1) is 11.0 Å². The van der Waals surface area contributed by atoms with Gasteiger partial charge in [-0.05, 0) is 32.6 Å². The smallest absolute Gasteiger partial charge is 0.311 e. The molecule has 0 bridgehead atoms. The maximum absolute atomic E-state index is 11.4. The number of rotatable bonds is 3. The molecule has 2 atom stereocenters. The van der Waals surface area contributed by atoms with E-state index in [1.165, 1.54) is 0 Å². The molecular formula is C12H21NO3. The molecular weight excluding hydrogens is 206 g/mol. The number of nitrogens with zero attached hydrogens (tertiary/aromatic N) is 1. The predicted octanol–water partition coefficient (Wildman–Crippen LogP) is 0.944. The molecule has 1 saturated carbocycles. The molecule has 0 unspecified atom stereocenters. The Balaban J connectivity index is 2.08. The van der Waals surface area contributed by atoms with Crippen LogP contribution in [0.15, 0.2) is 0 Å². The van der Waals surface area contributed by atoms with Crippen molar-refractivity contribution < 1.29 is 15.0 Å². The molecule has 0 aromatic rings. The molecule has 1 heterocycles. The van der Waals surface area contributed by atoms with Crippen LogP contribution in [0.4, 0.5) is 0 Å². The minimum atomic E-state index is -0.738. The number of aliphatic hydroxyl groups is 1. The van der Waals surface area contributed by atoms with Crippen molar-refractivity contribution in [1.82, 2.24) is 4.90 Å². The van der Waals surface area contributed by atoms with Gasteiger partial charge in [-0.25, -0.2) is 0 Å². The van der Waals surface area contributed by atoms with E-state index in [2.05, 4.69) is 4.90 Å². The summed E-state index contributed by atoms with van der Waals surface area (Å²) < 4.78 is 0. The molecule has 92 valence electrons. The van der Waals surface area contributed by atoms with Gasteiger partial charge in [0.15, 0.2) is 0 Å². The molecule has 4 heteroatoms. The van der Waals surface area contributed by atoms with Crippen molar-refractivity contribution in [1.29, 1.82) is 0 Å². The van der Waals surface area contributed by atoms with Crippen LogP contribution in [0, 0.1) is 11.3 Å². The van der Waals surface area contributed by atoms with Crippen molar-refractivity contribution in [3.63, 3.8) is 0 Å². The lowest BCUT2D eigenvalue weighted by atomic mass is 9.81. The first-order valence-electron chi connectivity index (χ1n) is 6.02. The number of carboxylic acids is 1. The SMILES string of the molecule is CC(C)(O)CN1C[C@@H]2CCC[C@@]2(C(=O)O)C1. The van der Waals surface area contributed by atoms with Gasteiger partial charge in [0.1, 0.15) is 0 Å². The Morgan fingerprint density at radius 1 is 1.56 bits per heavy atom. The summed E-state index contributed by atoms with van der Waals surface area (Å²) in [4.78, 5) is 13.5. The van der Waals surface area contributed by atoms with Gasteiger partial charge in [-0.1, -0.05) is 6.42 Å². The van der Waals surface area contributed by atoms with Gasteiger partial charge in [-0.3, -0.25) is 9.69 Å². The highest BCUT2D eigenvalue weighted by molar-refractivity contribution is 5.76. The van der Waals surface area contributed by atoms with E-state index in [0.717, 1.165) is 25.8 Å². The van der Waals surface area contributed by atoms with Crippen LogP contribution in [0.25, 0.3) is 0 Å². The zero-order chi connectivity index (χ0) is 12.0. The van der Waals surface area contributed by atoms with Crippen LogP contribution >= 0.6 is 0 Å². The van der Waals surface area contributed by atoms with Gasteiger partial charge in [-0.15, -0.1) is 0 Å². The molecule has 4 nitrogen and oxygen atoms in total. The second-order valence-corrected chi connectivity index (χ2v) is 6.03. The van der Waals surface area contributed by atoms with E-state index in [0.29, 0.717) is 13.1 Å². The summed E-state index contributed by atoms with van der Waals surface area (Å²) in [6.07, 6.45) is 2.86. The standard InChI is InChI=1S/C12H21NO3/c1-11(2,16)7-13-6-9-4-3-5-12(9,8-13)10(14)15/h9,16H,3-8H2,1-2H3,(H,14,15)/t9-,12+/m0/s1. The highest BCUT2D eigenvalue weighted by atomic mass is 16.4. The monoisotopic (exact) mass is 227 g/mol. The van der Waals surface area contributed by atoms with Crippen LogP contribution in [-0.2, 0) is 4.79 Å². The third-order valence-corrected chi connectivity index (χ3v) is 3.98. The van der Waals surface area contributed by atoms with Crippen LogP contribution in [0.3, 0.4) is 0 Å². The Bertz CT molecular complexity index is 297. The average molecular weight is 227 g/mol. The van der Waals surface area contributed by atoms with Crippen molar-refractivity contribution >= 4 is 5.97 Å². The van der Waals surface area contributed by atoms with Gasteiger partial charge < -0.3 is 10.2 Å². The van der Waals surface area contributed by atoms with Crippen molar-refractivity contribution in [2.24, 2.45) is 11.3 Å². The highest BCUT2D eigenvalue weighted by Gasteiger charge is 2.54. The van der Waals surface area contributed by atoms with E-state index >= 15 is 0 Å². The summed E-state index contributed by atoms with van der Waals surface area (Å²) in [6.45, 7) is 5.55. The van der Waals surface area contributed by atoms with Crippen molar-refractivity contribution in [2.45, 2.75) is 38.7 Å². The number of fused-ring (bicyclic) bond motifs is 1. The van der Waals surface area contributed by atoms with E-state index in [4.69, 9.17) is 0 Å². The van der Waals surface area contributed by atoms with Gasteiger partial charge >= 0.3 is 5.97 Å². The van der Waals surface area contributed by atoms with Crippen LogP contribution in [0.2, 0.25) is 0 Å². The van der Waals surface area contributed by atoms with Crippen LogP contribution in [0.1, 0.15) is 33.1 Å². The topological polar surface area (TPSA) is 60.8 Å². The Hall–Kier alpha value is -0.610. The molecule has 2 fully saturated rings. The summed E-state index contributed by atoms with van der Waals surface area (Å²) in [5, 5.41) is 19.2. The molecule has 0 aromatic heterocycles. The number of likely N-dealkylation sites (tertiary alicyclic amines) is 1. The van der Waals surface area contributed by atoms with Gasteiger partial charge in [-0.2, -0.15) is 0 Å². The van der Waals surface area contributed by atoms with Crippen molar-refractivity contribution in [3.05, 3.63) is 0 Å². The normalized spacial score (nSPS) is 35.3. The molecule has 0 spiro atoms. The maximum atomic E-state index is 11.4. The Labute approximate surface area is 96.3 Å². The fraction of sp³-hybridized carbons (Fsp3) is 0.917. The van der Waals surface area contributed by atoms with Gasteiger partial charge in [0.25, 0.3) is 0 Å². The minimum absolute atomic E-state index is 0.285. The molecule has 2 aliphatic rings. The van der Waals surface area contributed by atoms with E-state index < -0.39 is 17.0 Å². The third-order valence-electron chi connectivity index (χ3n) is 3.98. The summed E-state index contributed by atoms with van der Waals surface area (Å²) in [5.41, 5.74) is -1.26. The van der Waals surface area contributed by atoms with E-state index in [1.807, 2.05) is 0 Å². The van der Waals surface area contributed by atoms with E-state index in [9.17, 15) is 15.0 Å². The van der Waals surface area contributed by atoms with Crippen molar-refractivity contribution in [3.8, 4) is 0 Å². The lowest BCUT2D eigenvalue weighted by Crippen LogP contribution is -2.40. The Kier molecular flexibility index (Phi) is 2.75. The van der Waals surface area contributed by atoms with Gasteiger partial charge in [0.2, 0.25) is 0 Å². The molecule has 0 amide bonds. The fourth-order valence-corrected chi connectivity index (χ4v) is 3.41. The number of hydrogen-bond donors (Lipinski definition) is 2. The second-order valence-electron chi connectivity index (χ2n) is 6.03. The zero-order valence-corrected chi connectivity index (χ0v) is 10.1. The molecule has 16 heavy (non-hydrogen) atoms. The third kappa shape index (κ3) is 1.96. The molecule has 1 aliphatic heterocycles. The second kappa shape index (κ2) is 3.70. The molecule has 0 radical (unpaired) electrons. The molecule has 2 rings (SSSR count). The first-order chi connectivity index (χ1) is 7.33. The lowest BCUT2D eigenvalue weighted by molar-refractivity contribution is -0.149. The number of hydrogen-bond acceptors (Lipinski definition) is 3. The average Bonchev–Trinajstić information content (AvgIpc) is 2.56. The zero-order valence-electron chi connectivity index (χ0n) is 10.1. The highest BCUT2D eigenvalue weighted by Crippen LogP contribution is 2.48. The maximum Gasteiger partial charge on any atom is 0.311 e. The largest absolute Gasteiger partial charge is 0.481 e. The summed E-state index contributed by atoms with van der Waals surface area (Å²) in [5.74, 6) is -0.361. The van der Waals surface area contributed by atoms with Crippen LogP contribution in [0.5, 0.6) is 0 Å².